The second kappa shape index (κ2) is 6.41. The number of nitrogens with zero attached hydrogens (tertiary/aromatic N) is 1. The van der Waals surface area contributed by atoms with Crippen LogP contribution in [0.15, 0.2) is 23.1 Å². The monoisotopic (exact) mass is 236 g/mol. The Hall–Kier alpha value is -1.18. The van der Waals surface area contributed by atoms with Crippen molar-refractivity contribution in [3.8, 4) is 6.07 Å². The first-order chi connectivity index (χ1) is 7.67. The molecule has 0 spiro atoms. The van der Waals surface area contributed by atoms with Gasteiger partial charge in [0.2, 0.25) is 0 Å². The van der Waals surface area contributed by atoms with E-state index in [9.17, 15) is 0 Å². The van der Waals surface area contributed by atoms with Gasteiger partial charge in [-0.25, -0.2) is 0 Å². The summed E-state index contributed by atoms with van der Waals surface area (Å²) in [5.74, 6) is 1.15. The minimum atomic E-state index is 0.201. The minimum Gasteiger partial charge on any atom is -0.398 e. The molecular formula is C12H16N2OS. The van der Waals surface area contributed by atoms with Crippen molar-refractivity contribution in [3.63, 3.8) is 0 Å². The number of nitrogens with two attached hydrogens (primary N) is 1. The molecule has 0 fully saturated rings. The van der Waals surface area contributed by atoms with Crippen LogP contribution in [0.5, 0.6) is 0 Å². The van der Waals surface area contributed by atoms with Crippen molar-refractivity contribution in [2.24, 2.45) is 5.92 Å². The fourth-order valence-electron chi connectivity index (χ4n) is 1.20. The van der Waals surface area contributed by atoms with Gasteiger partial charge in [0.05, 0.1) is 12.5 Å². The average Bonchev–Trinajstić information content (AvgIpc) is 2.30. The van der Waals surface area contributed by atoms with Gasteiger partial charge in [-0.3, -0.25) is 0 Å². The summed E-state index contributed by atoms with van der Waals surface area (Å²) < 4.78 is 0. The van der Waals surface area contributed by atoms with Gasteiger partial charge in [-0.05, 0) is 29.7 Å². The lowest BCUT2D eigenvalue weighted by Gasteiger charge is -2.09. The van der Waals surface area contributed by atoms with Gasteiger partial charge in [0.15, 0.2) is 0 Å². The number of benzene rings is 1. The van der Waals surface area contributed by atoms with Crippen molar-refractivity contribution in [2.75, 3.05) is 18.1 Å². The number of anilines is 1. The molecule has 0 bridgehead atoms. The predicted molar refractivity (Wildman–Crippen MR) is 67.1 cm³/mol. The Bertz CT molecular complexity index is 387. The van der Waals surface area contributed by atoms with Gasteiger partial charge in [-0.2, -0.15) is 5.26 Å². The molecule has 16 heavy (non-hydrogen) atoms. The number of hydrogen-bond acceptors (Lipinski definition) is 4. The van der Waals surface area contributed by atoms with Crippen LogP contribution in [0.1, 0.15) is 12.5 Å². The van der Waals surface area contributed by atoms with Crippen LogP contribution < -0.4 is 5.73 Å². The topological polar surface area (TPSA) is 70.0 Å². The van der Waals surface area contributed by atoms with Gasteiger partial charge in [-0.15, -0.1) is 11.8 Å². The van der Waals surface area contributed by atoms with E-state index in [0.29, 0.717) is 12.1 Å². The van der Waals surface area contributed by atoms with E-state index < -0.39 is 0 Å². The number of hydrogen-bond donors (Lipinski definition) is 2. The van der Waals surface area contributed by atoms with Crippen molar-refractivity contribution in [1.82, 2.24) is 0 Å². The number of thioether (sulfide) groups is 1. The molecule has 4 heteroatoms. The molecule has 0 heterocycles. The molecule has 1 aromatic carbocycles. The minimum absolute atomic E-state index is 0.201. The Morgan fingerprint density at radius 2 is 2.31 bits per heavy atom. The van der Waals surface area contributed by atoms with Crippen molar-refractivity contribution < 1.29 is 5.11 Å². The maximum absolute atomic E-state index is 8.92. The maximum atomic E-state index is 8.92. The lowest BCUT2D eigenvalue weighted by molar-refractivity contribution is 0.250. The molecule has 86 valence electrons. The fourth-order valence-corrected chi connectivity index (χ4v) is 2.17. The van der Waals surface area contributed by atoms with Crippen LogP contribution in [0.2, 0.25) is 0 Å². The molecule has 0 radical (unpaired) electrons. The molecule has 0 aliphatic heterocycles. The lowest BCUT2D eigenvalue weighted by Crippen LogP contribution is -2.03. The first kappa shape index (κ1) is 12.9. The SMILES string of the molecule is CC(CO)CSc1ccc(N)c(CC#N)c1. The highest BCUT2D eigenvalue weighted by Gasteiger charge is 2.04. The average molecular weight is 236 g/mol. The normalized spacial score (nSPS) is 12.1. The van der Waals surface area contributed by atoms with Gasteiger partial charge in [0.1, 0.15) is 0 Å². The quantitative estimate of drug-likeness (QED) is 0.606. The van der Waals surface area contributed by atoms with Crippen molar-refractivity contribution in [3.05, 3.63) is 23.8 Å². The molecule has 0 saturated heterocycles. The summed E-state index contributed by atoms with van der Waals surface area (Å²) in [4.78, 5) is 1.10. The Labute approximate surface area is 100 Å². The number of aliphatic hydroxyl groups is 1. The van der Waals surface area contributed by atoms with Crippen molar-refractivity contribution in [1.29, 1.82) is 5.26 Å². The number of nitriles is 1. The van der Waals surface area contributed by atoms with Gasteiger partial charge >= 0.3 is 0 Å². The van der Waals surface area contributed by atoms with E-state index >= 15 is 0 Å². The molecular weight excluding hydrogens is 220 g/mol. The Kier molecular flexibility index (Phi) is 5.17. The largest absolute Gasteiger partial charge is 0.398 e. The Balaban J connectivity index is 2.68. The third-order valence-corrected chi connectivity index (χ3v) is 3.55. The van der Waals surface area contributed by atoms with Crippen LogP contribution in [-0.4, -0.2) is 17.5 Å². The van der Waals surface area contributed by atoms with Crippen LogP contribution in [0.3, 0.4) is 0 Å². The molecule has 0 saturated carbocycles. The standard InChI is InChI=1S/C12H16N2OS/c1-9(7-15)8-16-11-2-3-12(14)10(6-11)4-5-13/h2-3,6,9,15H,4,7-8,14H2,1H3. The van der Waals surface area contributed by atoms with E-state index in [1.807, 2.05) is 25.1 Å². The first-order valence-electron chi connectivity index (χ1n) is 5.16. The first-order valence-corrected chi connectivity index (χ1v) is 6.15. The third-order valence-electron chi connectivity index (χ3n) is 2.23. The van der Waals surface area contributed by atoms with E-state index in [0.717, 1.165) is 16.2 Å². The second-order valence-corrected chi connectivity index (χ2v) is 4.89. The molecule has 1 rings (SSSR count). The van der Waals surface area contributed by atoms with Gasteiger partial charge in [0, 0.05) is 22.9 Å². The zero-order valence-electron chi connectivity index (χ0n) is 9.31. The summed E-state index contributed by atoms with van der Waals surface area (Å²) in [6.07, 6.45) is 0.343. The van der Waals surface area contributed by atoms with Crippen LogP contribution in [0.25, 0.3) is 0 Å². The van der Waals surface area contributed by atoms with Crippen LogP contribution >= 0.6 is 11.8 Å². The smallest absolute Gasteiger partial charge is 0.0670 e. The summed E-state index contributed by atoms with van der Waals surface area (Å²) in [5, 5.41) is 17.6. The summed E-state index contributed by atoms with van der Waals surface area (Å²) in [7, 11) is 0. The highest BCUT2D eigenvalue weighted by molar-refractivity contribution is 7.99. The maximum Gasteiger partial charge on any atom is 0.0670 e. The van der Waals surface area contributed by atoms with Crippen molar-refractivity contribution in [2.45, 2.75) is 18.2 Å². The zero-order valence-corrected chi connectivity index (χ0v) is 10.1. The van der Waals surface area contributed by atoms with Gasteiger partial charge in [0.25, 0.3) is 0 Å². The van der Waals surface area contributed by atoms with E-state index in [1.54, 1.807) is 11.8 Å². The van der Waals surface area contributed by atoms with Crippen LogP contribution in [-0.2, 0) is 6.42 Å². The summed E-state index contributed by atoms with van der Waals surface area (Å²) in [5.41, 5.74) is 7.30. The molecule has 3 nitrogen and oxygen atoms in total. The number of nitrogen functional groups attached to an aromatic ring is 1. The molecule has 1 atom stereocenters. The Morgan fingerprint density at radius 3 is 2.94 bits per heavy atom. The molecule has 0 aliphatic carbocycles. The zero-order chi connectivity index (χ0) is 12.0. The van der Waals surface area contributed by atoms with Gasteiger partial charge < -0.3 is 10.8 Å². The van der Waals surface area contributed by atoms with Crippen LogP contribution in [0.4, 0.5) is 5.69 Å². The van der Waals surface area contributed by atoms with E-state index in [-0.39, 0.29) is 12.5 Å². The van der Waals surface area contributed by atoms with Crippen LogP contribution in [0, 0.1) is 17.2 Å². The molecule has 1 unspecified atom stereocenters. The molecule has 1 aromatic rings. The van der Waals surface area contributed by atoms with E-state index in [1.165, 1.54) is 0 Å². The fraction of sp³-hybridized carbons (Fsp3) is 0.417. The van der Waals surface area contributed by atoms with Gasteiger partial charge in [-0.1, -0.05) is 6.92 Å². The number of aliphatic hydroxyl groups excluding tert-OH is 1. The predicted octanol–water partition coefficient (Wildman–Crippen LogP) is 2.06. The summed E-state index contributed by atoms with van der Waals surface area (Å²) in [6, 6.07) is 7.83. The highest BCUT2D eigenvalue weighted by atomic mass is 32.2. The highest BCUT2D eigenvalue weighted by Crippen LogP contribution is 2.24. The molecule has 0 aliphatic rings. The third kappa shape index (κ3) is 3.76. The molecule has 0 amide bonds. The summed E-state index contributed by atoms with van der Waals surface area (Å²) in [6.45, 7) is 2.20. The second-order valence-electron chi connectivity index (χ2n) is 3.79. The summed E-state index contributed by atoms with van der Waals surface area (Å²) >= 11 is 1.68. The molecule has 0 aromatic heterocycles. The lowest BCUT2D eigenvalue weighted by atomic mass is 10.1. The number of rotatable bonds is 5. The Morgan fingerprint density at radius 1 is 1.56 bits per heavy atom. The van der Waals surface area contributed by atoms with Crippen molar-refractivity contribution >= 4 is 17.4 Å². The molecule has 3 N–H and O–H groups in total. The van der Waals surface area contributed by atoms with E-state index in [4.69, 9.17) is 16.1 Å². The van der Waals surface area contributed by atoms with E-state index in [2.05, 4.69) is 6.07 Å².